The molecule has 2 rings (SSSR count). The van der Waals surface area contributed by atoms with Crippen LogP contribution in [-0.4, -0.2) is 47.6 Å². The van der Waals surface area contributed by atoms with Gasteiger partial charge >= 0.3 is 0 Å². The second kappa shape index (κ2) is 7.70. The molecule has 1 saturated heterocycles. The number of phenolic OH excluding ortho intramolecular Hbond substituents is 1. The van der Waals surface area contributed by atoms with Crippen molar-refractivity contribution in [1.29, 1.82) is 0 Å². The Balaban J connectivity index is 0.00000242. The van der Waals surface area contributed by atoms with E-state index < -0.39 is 5.54 Å². The number of carbonyl (C=O) groups excluding carboxylic acids is 1. The Hall–Kier alpha value is -1.46. The zero-order valence-corrected chi connectivity index (χ0v) is 14.1. The molecule has 0 saturated carbocycles. The third kappa shape index (κ3) is 4.27. The van der Waals surface area contributed by atoms with E-state index in [4.69, 9.17) is 5.73 Å². The fourth-order valence-electron chi connectivity index (χ4n) is 2.84. The van der Waals surface area contributed by atoms with E-state index >= 15 is 0 Å². The van der Waals surface area contributed by atoms with Crippen molar-refractivity contribution in [2.75, 3.05) is 31.1 Å². The minimum atomic E-state index is -0.762. The molecule has 124 valence electrons. The van der Waals surface area contributed by atoms with Gasteiger partial charge < -0.3 is 20.6 Å². The molecule has 1 aliphatic heterocycles. The first-order valence-corrected chi connectivity index (χ1v) is 7.56. The van der Waals surface area contributed by atoms with Gasteiger partial charge in [-0.15, -0.1) is 12.4 Å². The first kappa shape index (κ1) is 18.6. The fraction of sp³-hybridized carbons (Fsp3) is 0.562. The van der Waals surface area contributed by atoms with Crippen LogP contribution < -0.4 is 10.6 Å². The van der Waals surface area contributed by atoms with Crippen molar-refractivity contribution in [3.63, 3.8) is 0 Å². The summed E-state index contributed by atoms with van der Waals surface area (Å²) in [5.41, 5.74) is 6.36. The lowest BCUT2D eigenvalue weighted by molar-refractivity contribution is -0.137. The van der Waals surface area contributed by atoms with Gasteiger partial charge in [-0.05, 0) is 25.5 Å². The molecule has 1 unspecified atom stereocenters. The molecule has 6 heteroatoms. The summed E-state index contributed by atoms with van der Waals surface area (Å²) in [5.74, 6) is 0.309. The summed E-state index contributed by atoms with van der Waals surface area (Å²) < 4.78 is 0. The van der Waals surface area contributed by atoms with Crippen LogP contribution in [0.1, 0.15) is 26.7 Å². The van der Waals surface area contributed by atoms with Crippen LogP contribution in [-0.2, 0) is 4.79 Å². The number of rotatable bonds is 4. The predicted octanol–water partition coefficient (Wildman–Crippen LogP) is 1.98. The molecule has 5 nitrogen and oxygen atoms in total. The SMILES string of the molecule is CCCC(C)(N)C(=O)N1CCN(c2cccc(O)c2)CC1.Cl. The number of aromatic hydroxyl groups is 1. The maximum absolute atomic E-state index is 12.4. The number of nitrogens with two attached hydrogens (primary N) is 1. The molecule has 1 atom stereocenters. The Morgan fingerprint density at radius 1 is 1.32 bits per heavy atom. The van der Waals surface area contributed by atoms with Gasteiger partial charge in [0.2, 0.25) is 5.91 Å². The van der Waals surface area contributed by atoms with Gasteiger partial charge in [-0.1, -0.05) is 19.4 Å². The standard InChI is InChI=1S/C16H25N3O2.ClH/c1-3-7-16(2,17)15(21)19-10-8-18(9-11-19)13-5-4-6-14(20)12-13;/h4-6,12,20H,3,7-11,17H2,1-2H3;1H. The lowest BCUT2D eigenvalue weighted by atomic mass is 9.95. The minimum absolute atomic E-state index is 0. The number of phenols is 1. The smallest absolute Gasteiger partial charge is 0.242 e. The van der Waals surface area contributed by atoms with Gasteiger partial charge in [-0.3, -0.25) is 4.79 Å². The van der Waals surface area contributed by atoms with Gasteiger partial charge in [0.15, 0.2) is 0 Å². The van der Waals surface area contributed by atoms with E-state index in [9.17, 15) is 9.90 Å². The Bertz CT molecular complexity index is 500. The van der Waals surface area contributed by atoms with Crippen LogP contribution in [0, 0.1) is 0 Å². The van der Waals surface area contributed by atoms with Gasteiger partial charge in [-0.25, -0.2) is 0 Å². The monoisotopic (exact) mass is 327 g/mol. The maximum Gasteiger partial charge on any atom is 0.242 e. The van der Waals surface area contributed by atoms with Gasteiger partial charge in [0, 0.05) is 37.9 Å². The number of benzene rings is 1. The van der Waals surface area contributed by atoms with Crippen LogP contribution in [0.2, 0.25) is 0 Å². The summed E-state index contributed by atoms with van der Waals surface area (Å²) in [5, 5.41) is 9.54. The Morgan fingerprint density at radius 2 is 1.95 bits per heavy atom. The first-order valence-electron chi connectivity index (χ1n) is 7.56. The van der Waals surface area contributed by atoms with Crippen LogP contribution in [0.15, 0.2) is 24.3 Å². The molecule has 1 aromatic rings. The van der Waals surface area contributed by atoms with Crippen LogP contribution in [0.4, 0.5) is 5.69 Å². The number of hydrogen-bond acceptors (Lipinski definition) is 4. The molecule has 0 radical (unpaired) electrons. The average Bonchev–Trinajstić information content (AvgIpc) is 2.46. The number of hydrogen-bond donors (Lipinski definition) is 2. The van der Waals surface area contributed by atoms with E-state index in [1.165, 1.54) is 0 Å². The topological polar surface area (TPSA) is 69.8 Å². The third-order valence-corrected chi connectivity index (χ3v) is 4.02. The molecule has 1 amide bonds. The van der Waals surface area contributed by atoms with E-state index in [-0.39, 0.29) is 24.1 Å². The molecule has 1 fully saturated rings. The molecular weight excluding hydrogens is 302 g/mol. The molecule has 1 heterocycles. The fourth-order valence-corrected chi connectivity index (χ4v) is 2.84. The molecule has 0 bridgehead atoms. The van der Waals surface area contributed by atoms with Crippen molar-refractivity contribution in [3.05, 3.63) is 24.3 Å². The van der Waals surface area contributed by atoms with Crippen molar-refractivity contribution >= 4 is 24.0 Å². The summed E-state index contributed by atoms with van der Waals surface area (Å²) >= 11 is 0. The number of halogens is 1. The predicted molar refractivity (Wildman–Crippen MR) is 91.6 cm³/mol. The Kier molecular flexibility index (Phi) is 6.50. The number of nitrogens with zero attached hydrogens (tertiary/aromatic N) is 2. The summed E-state index contributed by atoms with van der Waals surface area (Å²) in [4.78, 5) is 16.5. The van der Waals surface area contributed by atoms with E-state index in [1.807, 2.05) is 30.9 Å². The highest BCUT2D eigenvalue weighted by atomic mass is 35.5. The first-order chi connectivity index (χ1) is 9.94. The van der Waals surface area contributed by atoms with Crippen LogP contribution in [0.25, 0.3) is 0 Å². The quantitative estimate of drug-likeness (QED) is 0.887. The van der Waals surface area contributed by atoms with Crippen molar-refractivity contribution in [3.8, 4) is 5.75 Å². The van der Waals surface area contributed by atoms with Crippen LogP contribution in [0.3, 0.4) is 0 Å². The number of carbonyl (C=O) groups is 1. The number of anilines is 1. The van der Waals surface area contributed by atoms with Crippen LogP contribution in [0.5, 0.6) is 5.75 Å². The molecule has 1 aromatic carbocycles. The number of amides is 1. The van der Waals surface area contributed by atoms with E-state index in [2.05, 4.69) is 4.90 Å². The molecule has 0 aliphatic carbocycles. The molecule has 22 heavy (non-hydrogen) atoms. The highest BCUT2D eigenvalue weighted by Gasteiger charge is 2.33. The number of piperazine rings is 1. The highest BCUT2D eigenvalue weighted by molar-refractivity contribution is 5.86. The molecular formula is C16H26ClN3O2. The van der Waals surface area contributed by atoms with E-state index in [0.717, 1.165) is 25.2 Å². The molecule has 0 spiro atoms. The van der Waals surface area contributed by atoms with Crippen molar-refractivity contribution in [2.24, 2.45) is 5.73 Å². The minimum Gasteiger partial charge on any atom is -0.508 e. The zero-order chi connectivity index (χ0) is 15.5. The second-order valence-electron chi connectivity index (χ2n) is 5.97. The van der Waals surface area contributed by atoms with E-state index in [0.29, 0.717) is 19.5 Å². The van der Waals surface area contributed by atoms with Gasteiger partial charge in [0.25, 0.3) is 0 Å². The maximum atomic E-state index is 12.4. The lowest BCUT2D eigenvalue weighted by Crippen LogP contribution is -2.58. The van der Waals surface area contributed by atoms with Gasteiger partial charge in [-0.2, -0.15) is 0 Å². The molecule has 3 N–H and O–H groups in total. The van der Waals surface area contributed by atoms with Crippen molar-refractivity contribution < 1.29 is 9.90 Å². The highest BCUT2D eigenvalue weighted by Crippen LogP contribution is 2.22. The Morgan fingerprint density at radius 3 is 2.50 bits per heavy atom. The Labute approximate surface area is 138 Å². The normalized spacial score (nSPS) is 17.6. The average molecular weight is 328 g/mol. The second-order valence-corrected chi connectivity index (χ2v) is 5.97. The van der Waals surface area contributed by atoms with Crippen molar-refractivity contribution in [1.82, 2.24) is 4.90 Å². The summed E-state index contributed by atoms with van der Waals surface area (Å²) in [6.07, 6.45) is 1.61. The molecule has 0 aromatic heterocycles. The van der Waals surface area contributed by atoms with Gasteiger partial charge in [0.05, 0.1) is 5.54 Å². The molecule has 1 aliphatic rings. The third-order valence-electron chi connectivity index (χ3n) is 4.02. The van der Waals surface area contributed by atoms with E-state index in [1.54, 1.807) is 12.1 Å². The largest absolute Gasteiger partial charge is 0.508 e. The lowest BCUT2D eigenvalue weighted by Gasteiger charge is -2.39. The zero-order valence-electron chi connectivity index (χ0n) is 13.3. The summed E-state index contributed by atoms with van der Waals surface area (Å²) in [6.45, 7) is 6.73. The summed E-state index contributed by atoms with van der Waals surface area (Å²) in [6, 6.07) is 7.22. The summed E-state index contributed by atoms with van der Waals surface area (Å²) in [7, 11) is 0. The van der Waals surface area contributed by atoms with Gasteiger partial charge in [0.1, 0.15) is 5.75 Å². The van der Waals surface area contributed by atoms with Crippen LogP contribution >= 0.6 is 12.4 Å². The van der Waals surface area contributed by atoms with Crippen molar-refractivity contribution in [2.45, 2.75) is 32.2 Å².